The molecule has 0 spiro atoms. The van der Waals surface area contributed by atoms with E-state index < -0.39 is 0 Å². The highest BCUT2D eigenvalue weighted by molar-refractivity contribution is 14.1. The Morgan fingerprint density at radius 1 is 0.806 bits per heavy atom. The van der Waals surface area contributed by atoms with Crippen LogP contribution in [0.3, 0.4) is 0 Å². The number of carbonyl (C=O) groups excluding carboxylic acids is 1. The van der Waals surface area contributed by atoms with E-state index in [0.717, 1.165) is 32.5 Å². The molecule has 0 radical (unpaired) electrons. The Bertz CT molecular complexity index is 1150. The van der Waals surface area contributed by atoms with Crippen molar-refractivity contribution in [2.24, 2.45) is 0 Å². The Labute approximate surface area is 195 Å². The van der Waals surface area contributed by atoms with Gasteiger partial charge in [0, 0.05) is 9.13 Å². The molecule has 4 nitrogen and oxygen atoms in total. The summed E-state index contributed by atoms with van der Waals surface area (Å²) in [6.45, 7) is 0. The summed E-state index contributed by atoms with van der Waals surface area (Å²) < 4.78 is 1.15. The van der Waals surface area contributed by atoms with Crippen LogP contribution in [0.4, 0.5) is 5.82 Å². The van der Waals surface area contributed by atoms with Gasteiger partial charge in [0.2, 0.25) is 5.91 Å². The Kier molecular flexibility index (Phi) is 7.04. The fourth-order valence-electron chi connectivity index (χ4n) is 3.33. The van der Waals surface area contributed by atoms with Gasteiger partial charge in [-0.3, -0.25) is 4.79 Å². The van der Waals surface area contributed by atoms with Crippen molar-refractivity contribution in [3.8, 4) is 11.3 Å². The maximum atomic E-state index is 12.7. The maximum Gasteiger partial charge on any atom is 0.229 e. The smallest absolute Gasteiger partial charge is 0.229 e. The number of halogens is 1. The fraction of sp³-hybridized carbons (Fsp3) is 0.115. The predicted octanol–water partition coefficient (Wildman–Crippen LogP) is 5.71. The molecule has 4 rings (SSSR count). The number of anilines is 1. The van der Waals surface area contributed by atoms with Crippen molar-refractivity contribution in [1.82, 2.24) is 9.97 Å². The van der Waals surface area contributed by atoms with Crippen molar-refractivity contribution < 1.29 is 4.79 Å². The Hall–Kier alpha value is -3.06. The molecule has 0 saturated carbocycles. The second-order valence-corrected chi connectivity index (χ2v) is 8.50. The number of rotatable bonds is 7. The number of aromatic nitrogens is 2. The molecule has 1 aromatic heterocycles. The first kappa shape index (κ1) is 21.2. The number of hydrogen-bond acceptors (Lipinski definition) is 3. The SMILES string of the molecule is O=C(Cc1ccc(I)cc1)Nc1ncc(-c2ccccc2)nc1CCc1ccccc1. The number of nitrogens with one attached hydrogen (secondary N) is 1. The van der Waals surface area contributed by atoms with Gasteiger partial charge in [0.15, 0.2) is 5.82 Å². The Morgan fingerprint density at radius 2 is 1.48 bits per heavy atom. The van der Waals surface area contributed by atoms with Crippen molar-refractivity contribution in [3.05, 3.63) is 112 Å². The molecule has 0 aliphatic carbocycles. The second-order valence-electron chi connectivity index (χ2n) is 7.25. The standard InChI is InChI=1S/C26H22IN3O/c27-22-14-11-20(12-15-22)17-25(31)30-26-23(16-13-19-7-3-1-4-8-19)29-24(18-28-26)21-9-5-2-6-10-21/h1-12,14-15,18H,13,16-17H2,(H,28,30,31). The number of benzene rings is 3. The van der Waals surface area contributed by atoms with Gasteiger partial charge < -0.3 is 5.32 Å². The van der Waals surface area contributed by atoms with Crippen LogP contribution in [0.5, 0.6) is 0 Å². The molecule has 4 aromatic rings. The summed E-state index contributed by atoms with van der Waals surface area (Å²) in [5.74, 6) is 0.440. The summed E-state index contributed by atoms with van der Waals surface area (Å²) in [6, 6.07) is 28.2. The topological polar surface area (TPSA) is 54.9 Å². The molecule has 0 aliphatic rings. The highest BCUT2D eigenvalue weighted by Gasteiger charge is 2.13. The van der Waals surface area contributed by atoms with E-state index in [4.69, 9.17) is 4.98 Å². The number of nitrogens with zero attached hydrogens (tertiary/aromatic N) is 2. The summed E-state index contributed by atoms with van der Waals surface area (Å²) in [5, 5.41) is 2.97. The summed E-state index contributed by atoms with van der Waals surface area (Å²) >= 11 is 2.26. The van der Waals surface area contributed by atoms with Gasteiger partial charge in [-0.05, 0) is 58.7 Å². The van der Waals surface area contributed by atoms with Crippen LogP contribution >= 0.6 is 22.6 Å². The summed E-state index contributed by atoms with van der Waals surface area (Å²) in [4.78, 5) is 22.1. The van der Waals surface area contributed by atoms with Crippen LogP contribution in [0.2, 0.25) is 0 Å². The lowest BCUT2D eigenvalue weighted by Gasteiger charge is -2.12. The van der Waals surface area contributed by atoms with Crippen molar-refractivity contribution >= 4 is 34.3 Å². The summed E-state index contributed by atoms with van der Waals surface area (Å²) in [5.41, 5.74) is 4.80. The lowest BCUT2D eigenvalue weighted by molar-refractivity contribution is -0.115. The van der Waals surface area contributed by atoms with Crippen LogP contribution in [-0.2, 0) is 24.1 Å². The third-order valence-corrected chi connectivity index (χ3v) is 5.66. The third-order valence-electron chi connectivity index (χ3n) is 4.94. The molecule has 0 atom stereocenters. The van der Waals surface area contributed by atoms with Crippen LogP contribution in [-0.4, -0.2) is 15.9 Å². The molecule has 1 amide bonds. The lowest BCUT2D eigenvalue weighted by Crippen LogP contribution is -2.17. The number of hydrogen-bond donors (Lipinski definition) is 1. The minimum atomic E-state index is -0.0936. The van der Waals surface area contributed by atoms with Crippen molar-refractivity contribution in [2.75, 3.05) is 5.32 Å². The molecule has 5 heteroatoms. The van der Waals surface area contributed by atoms with Gasteiger partial charge in [-0.1, -0.05) is 72.8 Å². The van der Waals surface area contributed by atoms with Crippen LogP contribution in [0, 0.1) is 3.57 Å². The minimum Gasteiger partial charge on any atom is -0.309 e. The first-order chi connectivity index (χ1) is 15.2. The van der Waals surface area contributed by atoms with Gasteiger partial charge in [-0.25, -0.2) is 9.97 Å². The average Bonchev–Trinajstić information content (AvgIpc) is 2.81. The van der Waals surface area contributed by atoms with Gasteiger partial charge in [-0.2, -0.15) is 0 Å². The van der Waals surface area contributed by atoms with Crippen LogP contribution < -0.4 is 5.32 Å². The molecule has 154 valence electrons. The zero-order valence-corrected chi connectivity index (χ0v) is 19.1. The molecule has 0 saturated heterocycles. The molecular formula is C26H22IN3O. The summed E-state index contributed by atoms with van der Waals surface area (Å²) in [7, 11) is 0. The van der Waals surface area contributed by atoms with Crippen LogP contribution in [0.25, 0.3) is 11.3 Å². The quantitative estimate of drug-likeness (QED) is 0.318. The average molecular weight is 519 g/mol. The molecule has 1 heterocycles. The fourth-order valence-corrected chi connectivity index (χ4v) is 3.69. The first-order valence-electron chi connectivity index (χ1n) is 10.2. The van der Waals surface area contributed by atoms with E-state index in [1.54, 1.807) is 6.20 Å². The molecule has 1 N–H and O–H groups in total. The van der Waals surface area contributed by atoms with Gasteiger partial charge >= 0.3 is 0 Å². The molecule has 0 fully saturated rings. The number of amides is 1. The molecule has 31 heavy (non-hydrogen) atoms. The van der Waals surface area contributed by atoms with Crippen LogP contribution in [0.15, 0.2) is 91.1 Å². The zero-order valence-electron chi connectivity index (χ0n) is 17.0. The molecule has 3 aromatic carbocycles. The first-order valence-corrected chi connectivity index (χ1v) is 11.2. The molecule has 0 bridgehead atoms. The molecule has 0 unspecified atom stereocenters. The Morgan fingerprint density at radius 3 is 2.19 bits per heavy atom. The van der Waals surface area contributed by atoms with E-state index in [2.05, 4.69) is 45.0 Å². The maximum absolute atomic E-state index is 12.7. The molecule has 0 aliphatic heterocycles. The predicted molar refractivity (Wildman–Crippen MR) is 133 cm³/mol. The van der Waals surface area contributed by atoms with E-state index in [9.17, 15) is 4.79 Å². The van der Waals surface area contributed by atoms with Gasteiger partial charge in [0.25, 0.3) is 0 Å². The summed E-state index contributed by atoms with van der Waals surface area (Å²) in [6.07, 6.45) is 3.55. The van der Waals surface area contributed by atoms with E-state index in [-0.39, 0.29) is 5.91 Å². The van der Waals surface area contributed by atoms with Crippen molar-refractivity contribution in [2.45, 2.75) is 19.3 Å². The number of aryl methyl sites for hydroxylation is 2. The lowest BCUT2D eigenvalue weighted by atomic mass is 10.1. The van der Waals surface area contributed by atoms with Gasteiger partial charge in [-0.15, -0.1) is 0 Å². The monoisotopic (exact) mass is 519 g/mol. The zero-order chi connectivity index (χ0) is 21.5. The normalized spacial score (nSPS) is 10.6. The van der Waals surface area contributed by atoms with E-state index >= 15 is 0 Å². The minimum absolute atomic E-state index is 0.0936. The van der Waals surface area contributed by atoms with E-state index in [1.807, 2.05) is 72.8 Å². The third kappa shape index (κ3) is 5.98. The van der Waals surface area contributed by atoms with Crippen LogP contribution in [0.1, 0.15) is 16.8 Å². The van der Waals surface area contributed by atoms with Crippen molar-refractivity contribution in [3.63, 3.8) is 0 Å². The highest BCUT2D eigenvalue weighted by Crippen LogP contribution is 2.21. The van der Waals surface area contributed by atoms with Crippen molar-refractivity contribution in [1.29, 1.82) is 0 Å². The highest BCUT2D eigenvalue weighted by atomic mass is 127. The second kappa shape index (κ2) is 10.3. The molecular weight excluding hydrogens is 497 g/mol. The van der Waals surface area contributed by atoms with E-state index in [0.29, 0.717) is 18.7 Å². The number of carbonyl (C=O) groups is 1. The van der Waals surface area contributed by atoms with E-state index in [1.165, 1.54) is 5.56 Å². The van der Waals surface area contributed by atoms with Gasteiger partial charge in [0.05, 0.1) is 24.0 Å². The van der Waals surface area contributed by atoms with Gasteiger partial charge in [0.1, 0.15) is 0 Å². The Balaban J connectivity index is 1.55. The largest absolute Gasteiger partial charge is 0.309 e.